The highest BCUT2D eigenvalue weighted by Gasteiger charge is 2.29. The molecule has 1 aromatic heterocycles. The summed E-state index contributed by atoms with van der Waals surface area (Å²) in [7, 11) is 0. The van der Waals surface area contributed by atoms with Crippen molar-refractivity contribution in [3.63, 3.8) is 0 Å². The summed E-state index contributed by atoms with van der Waals surface area (Å²) in [6.45, 7) is 0. The van der Waals surface area contributed by atoms with Gasteiger partial charge in [-0.3, -0.25) is 4.79 Å². The number of carboxylic acids is 1. The molecule has 5 heteroatoms. The first kappa shape index (κ1) is 13.8. The number of aliphatic carboxylic acids is 1. The summed E-state index contributed by atoms with van der Waals surface area (Å²) in [5, 5.41) is 10.3. The van der Waals surface area contributed by atoms with Crippen LogP contribution in [0.5, 0.6) is 0 Å². The normalized spacial score (nSPS) is 17.8. The molecule has 2 aromatic rings. The number of aromatic nitrogens is 1. The molecule has 20 heavy (non-hydrogen) atoms. The van der Waals surface area contributed by atoms with E-state index in [1.54, 1.807) is 11.3 Å². The minimum atomic E-state index is -0.745. The molecular weight excluding hydrogens is 338 g/mol. The number of rotatable bonds is 3. The predicted octanol–water partition coefficient (Wildman–Crippen LogP) is 4.00. The number of nitrogens with zero attached hydrogens (tertiary/aromatic N) is 1. The zero-order valence-electron chi connectivity index (χ0n) is 10.8. The molecule has 1 aliphatic carbocycles. The Kier molecular flexibility index (Phi) is 3.89. The Morgan fingerprint density at radius 2 is 2.35 bits per heavy atom. The number of fused-ring (bicyclic) bond motifs is 1. The second-order valence-electron chi connectivity index (χ2n) is 5.01. The lowest BCUT2D eigenvalue weighted by Crippen LogP contribution is -2.17. The van der Waals surface area contributed by atoms with Gasteiger partial charge in [0.15, 0.2) is 0 Å². The third-order valence-electron chi connectivity index (χ3n) is 3.54. The summed E-state index contributed by atoms with van der Waals surface area (Å²) in [6, 6.07) is 8.15. The summed E-state index contributed by atoms with van der Waals surface area (Å²) >= 11 is 5.13. The first-order valence-corrected chi connectivity index (χ1v) is 8.20. The molecule has 0 amide bonds. The zero-order valence-corrected chi connectivity index (χ0v) is 13.2. The van der Waals surface area contributed by atoms with E-state index >= 15 is 0 Å². The van der Waals surface area contributed by atoms with Crippen molar-refractivity contribution in [1.29, 1.82) is 0 Å². The van der Waals surface area contributed by atoms with Crippen LogP contribution < -0.4 is 0 Å². The Balaban J connectivity index is 1.87. The van der Waals surface area contributed by atoms with E-state index in [4.69, 9.17) is 0 Å². The maximum Gasteiger partial charge on any atom is 0.312 e. The predicted molar refractivity (Wildman–Crippen MR) is 82.4 cm³/mol. The smallest absolute Gasteiger partial charge is 0.312 e. The van der Waals surface area contributed by atoms with E-state index in [1.165, 1.54) is 5.56 Å². The Bertz CT molecular complexity index is 653. The van der Waals surface area contributed by atoms with Crippen LogP contribution in [0, 0.1) is 0 Å². The van der Waals surface area contributed by atoms with E-state index < -0.39 is 11.9 Å². The van der Waals surface area contributed by atoms with E-state index in [2.05, 4.69) is 33.0 Å². The summed E-state index contributed by atoms with van der Waals surface area (Å²) in [6.07, 6.45) is 3.39. The van der Waals surface area contributed by atoms with E-state index in [1.807, 2.05) is 12.1 Å². The molecule has 0 saturated heterocycles. The van der Waals surface area contributed by atoms with Crippen LogP contribution in [0.15, 0.2) is 28.7 Å². The summed E-state index contributed by atoms with van der Waals surface area (Å²) in [5.41, 5.74) is 2.00. The van der Waals surface area contributed by atoms with Crippen molar-refractivity contribution in [3.05, 3.63) is 49.9 Å². The van der Waals surface area contributed by atoms with Gasteiger partial charge in [0.1, 0.15) is 0 Å². The maximum absolute atomic E-state index is 11.3. The van der Waals surface area contributed by atoms with Crippen LogP contribution in [-0.2, 0) is 17.6 Å². The quantitative estimate of drug-likeness (QED) is 0.908. The van der Waals surface area contributed by atoms with E-state index in [0.717, 1.165) is 39.3 Å². The summed E-state index contributed by atoms with van der Waals surface area (Å²) in [5.74, 6) is -1.16. The molecule has 1 aromatic carbocycles. The number of halogens is 1. The fraction of sp³-hybridized carbons (Fsp3) is 0.333. The van der Waals surface area contributed by atoms with E-state index in [0.29, 0.717) is 6.42 Å². The first-order chi connectivity index (χ1) is 9.63. The Hall–Kier alpha value is -1.20. The number of hydrogen-bond donors (Lipinski definition) is 1. The average Bonchev–Trinajstić information content (AvgIpc) is 2.80. The monoisotopic (exact) mass is 351 g/mol. The lowest BCUT2D eigenvalue weighted by atomic mass is 9.91. The van der Waals surface area contributed by atoms with E-state index in [9.17, 15) is 9.90 Å². The van der Waals surface area contributed by atoms with Crippen molar-refractivity contribution in [2.45, 2.75) is 31.6 Å². The van der Waals surface area contributed by atoms with Crippen LogP contribution in [0.4, 0.5) is 0 Å². The topological polar surface area (TPSA) is 50.2 Å². The van der Waals surface area contributed by atoms with Crippen molar-refractivity contribution in [2.75, 3.05) is 0 Å². The fourth-order valence-corrected chi connectivity index (χ4v) is 4.26. The average molecular weight is 352 g/mol. The van der Waals surface area contributed by atoms with Gasteiger partial charge in [0.25, 0.3) is 0 Å². The van der Waals surface area contributed by atoms with Crippen molar-refractivity contribution in [2.24, 2.45) is 0 Å². The molecule has 0 bridgehead atoms. The van der Waals surface area contributed by atoms with E-state index in [-0.39, 0.29) is 0 Å². The van der Waals surface area contributed by atoms with Crippen LogP contribution in [0.25, 0.3) is 0 Å². The van der Waals surface area contributed by atoms with Crippen LogP contribution in [0.2, 0.25) is 0 Å². The molecular formula is C15H14BrNO2S. The van der Waals surface area contributed by atoms with Gasteiger partial charge in [0.05, 0.1) is 16.6 Å². The van der Waals surface area contributed by atoms with Gasteiger partial charge in [0.2, 0.25) is 0 Å². The molecule has 0 aliphatic heterocycles. The minimum Gasteiger partial charge on any atom is -0.481 e. The highest BCUT2D eigenvalue weighted by molar-refractivity contribution is 9.10. The molecule has 0 fully saturated rings. The Morgan fingerprint density at radius 1 is 1.50 bits per heavy atom. The molecule has 3 rings (SSSR count). The lowest BCUT2D eigenvalue weighted by molar-refractivity contribution is -0.139. The number of carbonyl (C=O) groups is 1. The molecule has 104 valence electrons. The zero-order chi connectivity index (χ0) is 14.1. The van der Waals surface area contributed by atoms with Gasteiger partial charge in [-0.05, 0) is 37.0 Å². The number of aryl methyl sites for hydroxylation is 1. The second kappa shape index (κ2) is 5.66. The second-order valence-corrected chi connectivity index (χ2v) is 7.09. The van der Waals surface area contributed by atoms with Gasteiger partial charge in [0, 0.05) is 15.8 Å². The molecule has 0 radical (unpaired) electrons. The standard InChI is InChI=1S/C15H14BrNO2S/c16-10-4-1-3-9(7-10)8-13-17-14-11(15(18)19)5-2-6-12(14)20-13/h1,3-4,7,11H,2,5-6,8H2,(H,18,19). The third-order valence-corrected chi connectivity index (χ3v) is 5.17. The van der Waals surface area contributed by atoms with Crippen molar-refractivity contribution in [3.8, 4) is 0 Å². The molecule has 3 nitrogen and oxygen atoms in total. The molecule has 1 unspecified atom stereocenters. The first-order valence-electron chi connectivity index (χ1n) is 6.59. The number of benzene rings is 1. The molecule has 0 spiro atoms. The van der Waals surface area contributed by atoms with Crippen molar-refractivity contribution in [1.82, 2.24) is 4.98 Å². The number of carboxylic acid groups (broad SMARTS) is 1. The van der Waals surface area contributed by atoms with Gasteiger partial charge < -0.3 is 5.11 Å². The van der Waals surface area contributed by atoms with Gasteiger partial charge in [-0.25, -0.2) is 4.98 Å². The molecule has 0 saturated carbocycles. The number of hydrogen-bond acceptors (Lipinski definition) is 3. The Morgan fingerprint density at radius 3 is 3.10 bits per heavy atom. The van der Waals surface area contributed by atoms with Crippen LogP contribution in [-0.4, -0.2) is 16.1 Å². The van der Waals surface area contributed by atoms with Crippen LogP contribution >= 0.6 is 27.3 Å². The summed E-state index contributed by atoms with van der Waals surface area (Å²) < 4.78 is 1.06. The largest absolute Gasteiger partial charge is 0.481 e. The fourth-order valence-electron chi connectivity index (χ4n) is 2.61. The minimum absolute atomic E-state index is 0.411. The molecule has 1 aliphatic rings. The van der Waals surface area contributed by atoms with Gasteiger partial charge in [-0.2, -0.15) is 0 Å². The number of thiazole rings is 1. The third kappa shape index (κ3) is 2.79. The van der Waals surface area contributed by atoms with Crippen LogP contribution in [0.3, 0.4) is 0 Å². The van der Waals surface area contributed by atoms with Crippen LogP contribution in [0.1, 0.15) is 39.9 Å². The Labute approximate surface area is 129 Å². The summed E-state index contributed by atoms with van der Waals surface area (Å²) in [4.78, 5) is 17.0. The van der Waals surface area contributed by atoms with Gasteiger partial charge in [-0.15, -0.1) is 11.3 Å². The highest BCUT2D eigenvalue weighted by Crippen LogP contribution is 2.35. The van der Waals surface area contributed by atoms with Gasteiger partial charge >= 0.3 is 5.97 Å². The molecule has 1 heterocycles. The van der Waals surface area contributed by atoms with Crippen molar-refractivity contribution < 1.29 is 9.90 Å². The highest BCUT2D eigenvalue weighted by atomic mass is 79.9. The maximum atomic E-state index is 11.3. The lowest BCUT2D eigenvalue weighted by Gasteiger charge is -2.16. The van der Waals surface area contributed by atoms with Gasteiger partial charge in [-0.1, -0.05) is 28.1 Å². The SMILES string of the molecule is O=C(O)C1CCCc2sc(Cc3cccc(Br)c3)nc21. The molecule has 1 N–H and O–H groups in total. The molecule has 1 atom stereocenters. The van der Waals surface area contributed by atoms with Crippen molar-refractivity contribution >= 4 is 33.2 Å².